The molecule has 0 heterocycles. The first-order chi connectivity index (χ1) is 15.2. The molecule has 8 nitrogen and oxygen atoms in total. The number of nitrogens with zero attached hydrogens (tertiary/aromatic N) is 4. The van der Waals surface area contributed by atoms with Crippen LogP contribution in [0.4, 0.5) is 0 Å². The third-order valence-corrected chi connectivity index (χ3v) is 14.2. The molecule has 0 bridgehead atoms. The van der Waals surface area contributed by atoms with E-state index < -0.39 is 41.8 Å². The Morgan fingerprint density at radius 2 is 1.34 bits per heavy atom. The van der Waals surface area contributed by atoms with E-state index in [1.54, 1.807) is 0 Å². The fourth-order valence-corrected chi connectivity index (χ4v) is 11.1. The van der Waals surface area contributed by atoms with Crippen LogP contribution in [0.2, 0.25) is 23.7 Å². The smallest absolute Gasteiger partial charge is 0.323 e. The monoisotopic (exact) mass is 452 g/mol. The van der Waals surface area contributed by atoms with E-state index in [1.807, 2.05) is 32.9 Å². The standard InChI is InChI=1S/C23H28N4O4Si/c1-6-32(7-2,8-3)18-17-11-22(19(28)30-4,20(29)31-5)10-16(17)9-21(12-24,13-25)23(18,14-26)15-27/h18H,6-11H2,1-5H3. The zero-order valence-corrected chi connectivity index (χ0v) is 20.2. The Balaban J connectivity index is 2.96. The van der Waals surface area contributed by atoms with Crippen LogP contribution in [0.5, 0.6) is 0 Å². The SMILES string of the molecule is CC[Si](CC)(CC)C1C2=C(CC(C(=O)OC)(C(=O)OC)C2)CC(C#N)(C#N)C1(C#N)C#N. The van der Waals surface area contributed by atoms with Gasteiger partial charge in [0.25, 0.3) is 0 Å². The van der Waals surface area contributed by atoms with Crippen LogP contribution in [-0.2, 0) is 19.1 Å². The molecule has 2 aliphatic rings. The van der Waals surface area contributed by atoms with Gasteiger partial charge in [-0.2, -0.15) is 21.0 Å². The van der Waals surface area contributed by atoms with E-state index in [0.717, 1.165) is 18.1 Å². The average Bonchev–Trinajstić information content (AvgIpc) is 3.23. The quantitative estimate of drug-likeness (QED) is 0.256. The summed E-state index contributed by atoms with van der Waals surface area (Å²) in [7, 11) is -0.0845. The predicted molar refractivity (Wildman–Crippen MR) is 116 cm³/mol. The summed E-state index contributed by atoms with van der Waals surface area (Å²) in [5.74, 6) is -1.51. The summed E-state index contributed by atoms with van der Waals surface area (Å²) in [6, 6.07) is 10.4. The molecule has 9 heteroatoms. The van der Waals surface area contributed by atoms with Crippen LogP contribution in [0.1, 0.15) is 40.0 Å². The molecule has 1 unspecified atom stereocenters. The van der Waals surface area contributed by atoms with Crippen LogP contribution in [0, 0.1) is 61.6 Å². The van der Waals surface area contributed by atoms with Crippen molar-refractivity contribution in [3.8, 4) is 24.3 Å². The zero-order chi connectivity index (χ0) is 24.4. The predicted octanol–water partition coefficient (Wildman–Crippen LogP) is 3.76. The molecule has 0 saturated carbocycles. The van der Waals surface area contributed by atoms with Crippen molar-refractivity contribution < 1.29 is 19.1 Å². The van der Waals surface area contributed by atoms with Gasteiger partial charge in [0.05, 0.1) is 46.6 Å². The number of allylic oxidation sites excluding steroid dienone is 2. The fourth-order valence-electron chi connectivity index (χ4n) is 6.02. The second-order valence-corrected chi connectivity index (χ2v) is 14.2. The largest absolute Gasteiger partial charge is 0.468 e. The summed E-state index contributed by atoms with van der Waals surface area (Å²) in [4.78, 5) is 25.7. The third-order valence-electron chi connectivity index (χ3n) is 8.01. The fraction of sp³-hybridized carbons (Fsp3) is 0.652. The lowest BCUT2D eigenvalue weighted by Gasteiger charge is -2.51. The molecule has 0 aromatic carbocycles. The van der Waals surface area contributed by atoms with Crippen molar-refractivity contribution in [3.05, 3.63) is 11.1 Å². The zero-order valence-electron chi connectivity index (χ0n) is 19.2. The van der Waals surface area contributed by atoms with Gasteiger partial charge in [0, 0.05) is 12.0 Å². The Hall–Kier alpha value is -3.14. The summed E-state index contributed by atoms with van der Waals surface area (Å²) in [5, 5.41) is 41.0. The molecule has 168 valence electrons. The lowest BCUT2D eigenvalue weighted by atomic mass is 9.57. The molecule has 0 fully saturated rings. The molecule has 0 spiro atoms. The first-order valence-electron chi connectivity index (χ1n) is 10.7. The molecule has 0 aromatic rings. The van der Waals surface area contributed by atoms with Crippen molar-refractivity contribution in [2.75, 3.05) is 14.2 Å². The highest BCUT2D eigenvalue weighted by atomic mass is 28.3. The van der Waals surface area contributed by atoms with Crippen molar-refractivity contribution >= 4 is 20.0 Å². The highest BCUT2D eigenvalue weighted by molar-refractivity contribution is 6.82. The molecule has 1 atom stereocenters. The first-order valence-corrected chi connectivity index (χ1v) is 13.4. The normalized spacial score (nSPS) is 22.3. The number of methoxy groups -OCH3 is 2. The number of esters is 2. The Bertz CT molecular complexity index is 964. The second kappa shape index (κ2) is 8.77. The van der Waals surface area contributed by atoms with Crippen molar-refractivity contribution in [1.82, 2.24) is 0 Å². The Morgan fingerprint density at radius 1 is 0.875 bits per heavy atom. The van der Waals surface area contributed by atoms with Gasteiger partial charge in [-0.05, 0) is 12.8 Å². The minimum absolute atomic E-state index is 0.0286. The molecule has 0 aliphatic heterocycles. The number of carbonyl (C=O) groups is 2. The second-order valence-electron chi connectivity index (χ2n) is 8.74. The van der Waals surface area contributed by atoms with Crippen molar-refractivity contribution in [3.63, 3.8) is 0 Å². The van der Waals surface area contributed by atoms with Crippen LogP contribution < -0.4 is 0 Å². The summed E-state index contributed by atoms with van der Waals surface area (Å²) in [6.45, 7) is 6.03. The van der Waals surface area contributed by atoms with Gasteiger partial charge in [-0.3, -0.25) is 9.59 Å². The number of ether oxygens (including phenoxy) is 2. The van der Waals surface area contributed by atoms with Gasteiger partial charge in [0.15, 0.2) is 16.2 Å². The Kier molecular flexibility index (Phi) is 6.89. The number of nitriles is 4. The topological polar surface area (TPSA) is 148 Å². The van der Waals surface area contributed by atoms with Crippen LogP contribution in [0.3, 0.4) is 0 Å². The lowest BCUT2D eigenvalue weighted by molar-refractivity contribution is -0.168. The lowest BCUT2D eigenvalue weighted by Crippen LogP contribution is -2.55. The maximum absolute atomic E-state index is 12.8. The molecular weight excluding hydrogens is 424 g/mol. The number of hydrogen-bond donors (Lipinski definition) is 0. The summed E-state index contributed by atoms with van der Waals surface area (Å²) in [6.07, 6.45) is -0.235. The van der Waals surface area contributed by atoms with E-state index in [4.69, 9.17) is 9.47 Å². The molecule has 2 rings (SSSR count). The van der Waals surface area contributed by atoms with Gasteiger partial charge >= 0.3 is 11.9 Å². The summed E-state index contributed by atoms with van der Waals surface area (Å²) >= 11 is 0. The van der Waals surface area contributed by atoms with E-state index in [9.17, 15) is 30.6 Å². The molecule has 0 amide bonds. The summed E-state index contributed by atoms with van der Waals surface area (Å²) in [5.41, 5.74) is -4.78. The third kappa shape index (κ3) is 2.96. The minimum Gasteiger partial charge on any atom is -0.468 e. The van der Waals surface area contributed by atoms with Gasteiger partial charge < -0.3 is 9.47 Å². The van der Waals surface area contributed by atoms with E-state index >= 15 is 0 Å². The van der Waals surface area contributed by atoms with Crippen LogP contribution in [0.15, 0.2) is 11.1 Å². The van der Waals surface area contributed by atoms with Crippen LogP contribution >= 0.6 is 0 Å². The molecule has 0 aromatic heterocycles. The molecular formula is C23H28N4O4Si. The van der Waals surface area contributed by atoms with Crippen molar-refractivity contribution in [2.24, 2.45) is 16.2 Å². The van der Waals surface area contributed by atoms with Gasteiger partial charge in [0.1, 0.15) is 0 Å². The molecule has 0 radical (unpaired) electrons. The maximum Gasteiger partial charge on any atom is 0.323 e. The number of carbonyl (C=O) groups excluding carboxylic acids is 2. The Morgan fingerprint density at radius 3 is 1.69 bits per heavy atom. The Labute approximate surface area is 190 Å². The van der Waals surface area contributed by atoms with Crippen LogP contribution in [0.25, 0.3) is 0 Å². The number of hydrogen-bond acceptors (Lipinski definition) is 8. The van der Waals surface area contributed by atoms with Crippen molar-refractivity contribution in [2.45, 2.75) is 63.7 Å². The number of rotatable bonds is 6. The van der Waals surface area contributed by atoms with Gasteiger partial charge in [0.2, 0.25) is 0 Å². The van der Waals surface area contributed by atoms with E-state index in [2.05, 4.69) is 12.1 Å². The highest BCUT2D eigenvalue weighted by Crippen LogP contribution is 2.67. The van der Waals surface area contributed by atoms with Gasteiger partial charge in [-0.25, -0.2) is 0 Å². The van der Waals surface area contributed by atoms with Gasteiger partial charge in [-0.15, -0.1) is 0 Å². The van der Waals surface area contributed by atoms with E-state index in [1.165, 1.54) is 14.2 Å². The molecule has 2 aliphatic carbocycles. The first kappa shape index (κ1) is 25.1. The maximum atomic E-state index is 12.8. The molecule has 0 saturated heterocycles. The van der Waals surface area contributed by atoms with E-state index in [-0.39, 0.29) is 19.3 Å². The minimum atomic E-state index is -2.46. The van der Waals surface area contributed by atoms with Crippen LogP contribution in [-0.4, -0.2) is 34.2 Å². The van der Waals surface area contributed by atoms with Crippen molar-refractivity contribution in [1.29, 1.82) is 21.0 Å². The highest BCUT2D eigenvalue weighted by Gasteiger charge is 2.70. The molecule has 0 N–H and O–H groups in total. The molecule has 32 heavy (non-hydrogen) atoms. The average molecular weight is 453 g/mol. The van der Waals surface area contributed by atoms with E-state index in [0.29, 0.717) is 11.1 Å². The van der Waals surface area contributed by atoms with Gasteiger partial charge in [-0.1, -0.05) is 50.0 Å². The summed E-state index contributed by atoms with van der Waals surface area (Å²) < 4.78 is 9.92.